The van der Waals surface area contributed by atoms with Crippen LogP contribution in [0.1, 0.15) is 12.7 Å². The van der Waals surface area contributed by atoms with E-state index in [9.17, 15) is 9.59 Å². The maximum atomic E-state index is 11.7. The van der Waals surface area contributed by atoms with Gasteiger partial charge in [0.1, 0.15) is 15.9 Å². The molecule has 0 saturated heterocycles. The summed E-state index contributed by atoms with van der Waals surface area (Å²) >= 11 is 7.06. The normalized spacial score (nSPS) is 12.6. The number of H-pyrrole nitrogens is 1. The van der Waals surface area contributed by atoms with Crippen LogP contribution in [0.2, 0.25) is 0 Å². The minimum absolute atomic E-state index is 0.176. The molecule has 5 nitrogen and oxygen atoms in total. The smallest absolute Gasteiger partial charge is 0.268 e. The number of carbonyl (C=O) groups is 1. The summed E-state index contributed by atoms with van der Waals surface area (Å²) in [4.78, 5) is 31.8. The first-order chi connectivity index (χ1) is 8.49. The molecule has 2 aromatic heterocycles. The molecule has 2 heterocycles. The van der Waals surface area contributed by atoms with Crippen LogP contribution < -0.4 is 5.56 Å². The summed E-state index contributed by atoms with van der Waals surface area (Å²) in [5, 5.41) is 1.22. The van der Waals surface area contributed by atoms with Crippen LogP contribution in [0.5, 0.6) is 0 Å². The van der Waals surface area contributed by atoms with Gasteiger partial charge in [0.2, 0.25) is 5.91 Å². The summed E-state index contributed by atoms with van der Waals surface area (Å²) in [6.07, 6.45) is 0. The molecule has 1 unspecified atom stereocenters. The van der Waals surface area contributed by atoms with Crippen molar-refractivity contribution in [2.75, 3.05) is 7.05 Å². The first-order valence-corrected chi connectivity index (χ1v) is 6.66. The predicted octanol–water partition coefficient (Wildman–Crippen LogP) is 1.57. The molecular formula is C11H12ClN3O2S. The SMILES string of the molecule is CC(Cl)C(=O)N(C)Cc1nc2ccsc2c(=O)[nH]1. The number of nitrogens with zero attached hydrogens (tertiary/aromatic N) is 2. The van der Waals surface area contributed by atoms with Gasteiger partial charge >= 0.3 is 0 Å². The quantitative estimate of drug-likeness (QED) is 0.871. The number of amides is 1. The van der Waals surface area contributed by atoms with Crippen molar-refractivity contribution >= 4 is 39.1 Å². The summed E-state index contributed by atoms with van der Waals surface area (Å²) in [5.41, 5.74) is 0.475. The molecule has 1 atom stereocenters. The van der Waals surface area contributed by atoms with Crippen molar-refractivity contribution in [3.8, 4) is 0 Å². The molecule has 0 saturated carbocycles. The lowest BCUT2D eigenvalue weighted by molar-refractivity contribution is -0.129. The third-order valence-corrected chi connectivity index (χ3v) is 3.56. The van der Waals surface area contributed by atoms with Crippen molar-refractivity contribution < 1.29 is 4.79 Å². The molecule has 0 aromatic carbocycles. The van der Waals surface area contributed by atoms with Gasteiger partial charge in [-0.2, -0.15) is 0 Å². The van der Waals surface area contributed by atoms with Crippen molar-refractivity contribution in [3.05, 3.63) is 27.6 Å². The molecule has 0 aliphatic rings. The number of halogens is 1. The van der Waals surface area contributed by atoms with E-state index in [4.69, 9.17) is 11.6 Å². The van der Waals surface area contributed by atoms with E-state index in [0.717, 1.165) is 0 Å². The minimum Gasteiger partial charge on any atom is -0.337 e. The molecule has 0 bridgehead atoms. The van der Waals surface area contributed by atoms with E-state index < -0.39 is 5.38 Å². The first-order valence-electron chi connectivity index (χ1n) is 5.34. The summed E-state index contributed by atoms with van der Waals surface area (Å²) in [7, 11) is 1.62. The first kappa shape index (κ1) is 13.0. The molecule has 1 amide bonds. The van der Waals surface area contributed by atoms with Crippen molar-refractivity contribution in [1.82, 2.24) is 14.9 Å². The number of hydrogen-bond donors (Lipinski definition) is 1. The molecular weight excluding hydrogens is 274 g/mol. The highest BCUT2D eigenvalue weighted by molar-refractivity contribution is 7.17. The Labute approximate surface area is 112 Å². The third-order valence-electron chi connectivity index (χ3n) is 2.47. The predicted molar refractivity (Wildman–Crippen MR) is 72.0 cm³/mol. The highest BCUT2D eigenvalue weighted by atomic mass is 35.5. The Morgan fingerprint density at radius 1 is 1.67 bits per heavy atom. The van der Waals surface area contributed by atoms with Crippen LogP contribution in [-0.2, 0) is 11.3 Å². The highest BCUT2D eigenvalue weighted by Crippen LogP contribution is 2.14. The summed E-state index contributed by atoms with van der Waals surface area (Å²) in [6, 6.07) is 1.78. The Bertz CT molecular complexity index is 634. The number of aromatic amines is 1. The number of rotatable bonds is 3. The third kappa shape index (κ3) is 2.54. The van der Waals surface area contributed by atoms with Crippen LogP contribution in [0.25, 0.3) is 10.2 Å². The summed E-state index contributed by atoms with van der Waals surface area (Å²) < 4.78 is 0.596. The van der Waals surface area contributed by atoms with Gasteiger partial charge in [-0.15, -0.1) is 22.9 Å². The summed E-state index contributed by atoms with van der Waals surface area (Å²) in [5.74, 6) is 0.254. The molecule has 18 heavy (non-hydrogen) atoms. The minimum atomic E-state index is -0.591. The molecule has 1 N–H and O–H groups in total. The van der Waals surface area contributed by atoms with Crippen molar-refractivity contribution in [2.24, 2.45) is 0 Å². The second-order valence-corrected chi connectivity index (χ2v) is 5.53. The van der Waals surface area contributed by atoms with E-state index in [1.54, 1.807) is 20.0 Å². The van der Waals surface area contributed by atoms with E-state index in [1.165, 1.54) is 16.2 Å². The lowest BCUT2D eigenvalue weighted by atomic mass is 10.4. The number of fused-ring (bicyclic) bond motifs is 1. The Kier molecular flexibility index (Phi) is 3.68. The zero-order valence-electron chi connectivity index (χ0n) is 9.94. The van der Waals surface area contributed by atoms with Gasteiger partial charge < -0.3 is 9.88 Å². The molecule has 0 fully saturated rings. The second kappa shape index (κ2) is 5.07. The topological polar surface area (TPSA) is 66.1 Å². The van der Waals surface area contributed by atoms with E-state index in [0.29, 0.717) is 16.0 Å². The molecule has 0 spiro atoms. The fraction of sp³-hybridized carbons (Fsp3) is 0.364. The van der Waals surface area contributed by atoms with Crippen molar-refractivity contribution in [3.63, 3.8) is 0 Å². The standard InChI is InChI=1S/C11H12ClN3O2S/c1-6(12)11(17)15(2)5-8-13-7-3-4-18-9(7)10(16)14-8/h3-4,6H,5H2,1-2H3,(H,13,14,16). The Balaban J connectivity index is 2.27. The van der Waals surface area contributed by atoms with Crippen LogP contribution in [0.3, 0.4) is 0 Å². The fourth-order valence-electron chi connectivity index (χ4n) is 1.60. The number of carbonyl (C=O) groups excluding carboxylic acids is 1. The van der Waals surface area contributed by atoms with Gasteiger partial charge in [0.25, 0.3) is 5.56 Å². The van der Waals surface area contributed by atoms with E-state index >= 15 is 0 Å². The van der Waals surface area contributed by atoms with Crippen LogP contribution in [0.15, 0.2) is 16.2 Å². The van der Waals surface area contributed by atoms with Gasteiger partial charge in [-0.05, 0) is 18.4 Å². The molecule has 2 rings (SSSR count). The maximum Gasteiger partial charge on any atom is 0.268 e. The zero-order chi connectivity index (χ0) is 13.3. The van der Waals surface area contributed by atoms with Crippen molar-refractivity contribution in [2.45, 2.75) is 18.8 Å². The summed E-state index contributed by atoms with van der Waals surface area (Å²) in [6.45, 7) is 1.84. The average Bonchev–Trinajstić information content (AvgIpc) is 2.76. The van der Waals surface area contributed by atoms with Crippen LogP contribution >= 0.6 is 22.9 Å². The lowest BCUT2D eigenvalue weighted by Crippen LogP contribution is -2.32. The fourth-order valence-corrected chi connectivity index (χ4v) is 2.49. The van der Waals surface area contributed by atoms with Gasteiger partial charge in [-0.3, -0.25) is 9.59 Å². The molecule has 0 aliphatic carbocycles. The molecule has 2 aromatic rings. The van der Waals surface area contributed by atoms with Gasteiger partial charge in [-0.1, -0.05) is 0 Å². The van der Waals surface area contributed by atoms with Crippen molar-refractivity contribution in [1.29, 1.82) is 0 Å². The number of aromatic nitrogens is 2. The molecule has 96 valence electrons. The maximum absolute atomic E-state index is 11.7. The van der Waals surface area contributed by atoms with E-state index in [2.05, 4.69) is 9.97 Å². The van der Waals surface area contributed by atoms with Crippen LogP contribution in [0, 0.1) is 0 Å². The lowest BCUT2D eigenvalue weighted by Gasteiger charge is -2.17. The van der Waals surface area contributed by atoms with Gasteiger partial charge in [-0.25, -0.2) is 4.98 Å². The van der Waals surface area contributed by atoms with E-state index in [1.807, 2.05) is 5.38 Å². The average molecular weight is 286 g/mol. The van der Waals surface area contributed by atoms with Gasteiger partial charge in [0.05, 0.1) is 12.1 Å². The van der Waals surface area contributed by atoms with Crippen LogP contribution in [-0.4, -0.2) is 33.2 Å². The van der Waals surface area contributed by atoms with Gasteiger partial charge in [0, 0.05) is 7.05 Å². The monoisotopic (exact) mass is 285 g/mol. The largest absolute Gasteiger partial charge is 0.337 e. The van der Waals surface area contributed by atoms with Gasteiger partial charge in [0.15, 0.2) is 0 Å². The molecule has 0 radical (unpaired) electrons. The molecule has 7 heteroatoms. The highest BCUT2D eigenvalue weighted by Gasteiger charge is 2.16. The van der Waals surface area contributed by atoms with E-state index in [-0.39, 0.29) is 18.0 Å². The second-order valence-electron chi connectivity index (χ2n) is 3.96. The van der Waals surface area contributed by atoms with Crippen LogP contribution in [0.4, 0.5) is 0 Å². The molecule has 0 aliphatic heterocycles. The number of alkyl halides is 1. The zero-order valence-corrected chi connectivity index (χ0v) is 11.5. The number of hydrogen-bond acceptors (Lipinski definition) is 4. The number of nitrogens with one attached hydrogen (secondary N) is 1. The Morgan fingerprint density at radius 2 is 2.39 bits per heavy atom. The number of thiophene rings is 1. The Hall–Kier alpha value is -1.40. The Morgan fingerprint density at radius 3 is 3.06 bits per heavy atom.